The first-order chi connectivity index (χ1) is 7.39. The second-order valence-electron chi connectivity index (χ2n) is 5.33. The van der Waals surface area contributed by atoms with Crippen LogP contribution in [0.2, 0.25) is 0 Å². The number of hydrogen-bond donors (Lipinski definition) is 0. The second-order valence-corrected chi connectivity index (χ2v) is 5.33. The highest BCUT2D eigenvalue weighted by Crippen LogP contribution is 2.25. The molecule has 0 saturated heterocycles. The summed E-state index contributed by atoms with van der Waals surface area (Å²) >= 11 is 0. The molecule has 84 valence electrons. The number of pyridine rings is 1. The van der Waals surface area contributed by atoms with Gasteiger partial charge in [0.05, 0.1) is 17.5 Å². The van der Waals surface area contributed by atoms with Gasteiger partial charge in [-0.15, -0.1) is 0 Å². The largest absolute Gasteiger partial charge is 0.306 e. The zero-order valence-corrected chi connectivity index (χ0v) is 10.4. The number of hydrogen-bond acceptors (Lipinski definition) is 1. The number of allylic oxidation sites excluding steroid dienone is 1. The van der Waals surface area contributed by atoms with Gasteiger partial charge in [-0.05, 0) is 35.6 Å². The van der Waals surface area contributed by atoms with Crippen molar-refractivity contribution < 1.29 is 0 Å². The lowest BCUT2D eigenvalue weighted by molar-refractivity contribution is 0.590. The minimum absolute atomic E-state index is 0.165. The van der Waals surface area contributed by atoms with E-state index in [2.05, 4.69) is 50.7 Å². The van der Waals surface area contributed by atoms with Crippen LogP contribution in [0.3, 0.4) is 0 Å². The zero-order chi connectivity index (χ0) is 11.9. The molecule has 2 heterocycles. The van der Waals surface area contributed by atoms with E-state index in [0.717, 1.165) is 16.8 Å². The highest BCUT2D eigenvalue weighted by molar-refractivity contribution is 5.73. The SMILES string of the molecule is C=C(C)c1ncn2ccc(C(C)(C)C)cc12. The van der Waals surface area contributed by atoms with E-state index in [4.69, 9.17) is 0 Å². The maximum atomic E-state index is 4.38. The first-order valence-corrected chi connectivity index (χ1v) is 5.52. The third kappa shape index (κ3) is 1.75. The Labute approximate surface area is 96.6 Å². The molecule has 0 unspecified atom stereocenters. The maximum Gasteiger partial charge on any atom is 0.0999 e. The average Bonchev–Trinajstić information content (AvgIpc) is 2.58. The van der Waals surface area contributed by atoms with Crippen LogP contribution < -0.4 is 0 Å². The van der Waals surface area contributed by atoms with Crippen LogP contribution in [0.15, 0.2) is 31.2 Å². The molecule has 0 atom stereocenters. The summed E-state index contributed by atoms with van der Waals surface area (Å²) in [7, 11) is 0. The predicted octanol–water partition coefficient (Wildman–Crippen LogP) is 3.66. The molecule has 0 radical (unpaired) electrons. The number of aromatic nitrogens is 2. The van der Waals surface area contributed by atoms with Crippen LogP contribution in [-0.4, -0.2) is 9.38 Å². The van der Waals surface area contributed by atoms with Gasteiger partial charge in [0, 0.05) is 6.20 Å². The van der Waals surface area contributed by atoms with Crippen molar-refractivity contribution in [2.75, 3.05) is 0 Å². The molecule has 2 rings (SSSR count). The first-order valence-electron chi connectivity index (χ1n) is 5.52. The normalized spacial score (nSPS) is 12.0. The van der Waals surface area contributed by atoms with Crippen molar-refractivity contribution in [1.82, 2.24) is 9.38 Å². The van der Waals surface area contributed by atoms with E-state index >= 15 is 0 Å². The molecular weight excluding hydrogens is 196 g/mol. The van der Waals surface area contributed by atoms with Crippen molar-refractivity contribution in [2.45, 2.75) is 33.1 Å². The molecule has 0 aromatic carbocycles. The van der Waals surface area contributed by atoms with Gasteiger partial charge >= 0.3 is 0 Å². The molecule has 0 aliphatic rings. The van der Waals surface area contributed by atoms with Crippen LogP contribution in [0.5, 0.6) is 0 Å². The van der Waals surface area contributed by atoms with Crippen molar-refractivity contribution in [2.24, 2.45) is 0 Å². The smallest absolute Gasteiger partial charge is 0.0999 e. The Kier molecular flexibility index (Phi) is 2.38. The monoisotopic (exact) mass is 214 g/mol. The Morgan fingerprint density at radius 1 is 1.38 bits per heavy atom. The van der Waals surface area contributed by atoms with Crippen LogP contribution in [-0.2, 0) is 5.41 Å². The maximum absolute atomic E-state index is 4.38. The highest BCUT2D eigenvalue weighted by atomic mass is 15.0. The lowest BCUT2D eigenvalue weighted by Gasteiger charge is -2.19. The van der Waals surface area contributed by atoms with Gasteiger partial charge in [-0.3, -0.25) is 0 Å². The van der Waals surface area contributed by atoms with E-state index in [0.29, 0.717) is 0 Å². The van der Waals surface area contributed by atoms with Gasteiger partial charge in [-0.2, -0.15) is 0 Å². The van der Waals surface area contributed by atoms with Crippen LogP contribution >= 0.6 is 0 Å². The summed E-state index contributed by atoms with van der Waals surface area (Å²) in [5.74, 6) is 0. The van der Waals surface area contributed by atoms with Gasteiger partial charge in [0.15, 0.2) is 0 Å². The van der Waals surface area contributed by atoms with Crippen molar-refractivity contribution >= 4 is 11.1 Å². The number of nitrogens with zero attached hydrogens (tertiary/aromatic N) is 2. The summed E-state index contributed by atoms with van der Waals surface area (Å²) in [5, 5.41) is 0. The summed E-state index contributed by atoms with van der Waals surface area (Å²) in [6, 6.07) is 4.36. The first kappa shape index (κ1) is 10.9. The number of fused-ring (bicyclic) bond motifs is 1. The molecule has 0 spiro atoms. The van der Waals surface area contributed by atoms with Crippen molar-refractivity contribution in [1.29, 1.82) is 0 Å². The van der Waals surface area contributed by atoms with Gasteiger partial charge in [0.1, 0.15) is 0 Å². The molecule has 0 aliphatic heterocycles. The van der Waals surface area contributed by atoms with Crippen LogP contribution in [0, 0.1) is 0 Å². The third-order valence-electron chi connectivity index (χ3n) is 2.81. The lowest BCUT2D eigenvalue weighted by atomic mass is 9.87. The molecule has 0 fully saturated rings. The number of rotatable bonds is 1. The average molecular weight is 214 g/mol. The molecule has 0 amide bonds. The molecule has 2 aromatic heterocycles. The molecule has 16 heavy (non-hydrogen) atoms. The Hall–Kier alpha value is -1.57. The minimum Gasteiger partial charge on any atom is -0.306 e. The Bertz CT molecular complexity index is 541. The van der Waals surface area contributed by atoms with E-state index in [9.17, 15) is 0 Å². The molecule has 0 saturated carbocycles. The second kappa shape index (κ2) is 3.48. The third-order valence-corrected chi connectivity index (χ3v) is 2.81. The quantitative estimate of drug-likeness (QED) is 0.708. The summed E-state index contributed by atoms with van der Waals surface area (Å²) in [6.07, 6.45) is 3.90. The topological polar surface area (TPSA) is 17.3 Å². The Morgan fingerprint density at radius 2 is 2.06 bits per heavy atom. The van der Waals surface area contributed by atoms with E-state index in [-0.39, 0.29) is 5.41 Å². The van der Waals surface area contributed by atoms with Gasteiger partial charge in [0.2, 0.25) is 0 Å². The number of imidazole rings is 1. The van der Waals surface area contributed by atoms with E-state index in [1.54, 1.807) is 0 Å². The molecule has 2 aromatic rings. The zero-order valence-electron chi connectivity index (χ0n) is 10.4. The highest BCUT2D eigenvalue weighted by Gasteiger charge is 2.15. The summed E-state index contributed by atoms with van der Waals surface area (Å²) in [5.41, 5.74) is 4.63. The fourth-order valence-electron chi connectivity index (χ4n) is 1.78. The van der Waals surface area contributed by atoms with E-state index in [1.165, 1.54) is 5.56 Å². The van der Waals surface area contributed by atoms with Gasteiger partial charge in [-0.1, -0.05) is 27.4 Å². The fraction of sp³-hybridized carbons (Fsp3) is 0.357. The molecule has 2 nitrogen and oxygen atoms in total. The van der Waals surface area contributed by atoms with Crippen molar-refractivity contribution in [3.8, 4) is 0 Å². The summed E-state index contributed by atoms with van der Waals surface area (Å²) < 4.78 is 2.04. The van der Waals surface area contributed by atoms with Gasteiger partial charge in [-0.25, -0.2) is 4.98 Å². The van der Waals surface area contributed by atoms with E-state index in [1.807, 2.05) is 17.7 Å². The molecular formula is C14H18N2. The molecule has 0 aliphatic carbocycles. The van der Waals surface area contributed by atoms with E-state index < -0.39 is 0 Å². The molecule has 2 heteroatoms. The van der Waals surface area contributed by atoms with Gasteiger partial charge in [0.25, 0.3) is 0 Å². The Morgan fingerprint density at radius 3 is 2.62 bits per heavy atom. The van der Waals surface area contributed by atoms with Crippen molar-refractivity contribution in [3.63, 3.8) is 0 Å². The van der Waals surface area contributed by atoms with Crippen LogP contribution in [0.4, 0.5) is 0 Å². The fourth-order valence-corrected chi connectivity index (χ4v) is 1.78. The summed E-state index contributed by atoms with van der Waals surface area (Å²) in [4.78, 5) is 4.38. The standard InChI is InChI=1S/C14H18N2/c1-10(2)13-12-8-11(14(3,4)5)6-7-16(12)9-15-13/h6-9H,1H2,2-5H3. The van der Waals surface area contributed by atoms with Crippen LogP contribution in [0.25, 0.3) is 11.1 Å². The molecule has 0 bridgehead atoms. The minimum atomic E-state index is 0.165. The van der Waals surface area contributed by atoms with Crippen molar-refractivity contribution in [3.05, 3.63) is 42.5 Å². The lowest BCUT2D eigenvalue weighted by Crippen LogP contribution is -2.11. The van der Waals surface area contributed by atoms with Crippen LogP contribution in [0.1, 0.15) is 39.0 Å². The molecule has 0 N–H and O–H groups in total. The Balaban J connectivity index is 2.68. The predicted molar refractivity (Wildman–Crippen MR) is 68.6 cm³/mol. The van der Waals surface area contributed by atoms with Gasteiger partial charge < -0.3 is 4.40 Å². The summed E-state index contributed by atoms with van der Waals surface area (Å²) in [6.45, 7) is 12.6.